The van der Waals surface area contributed by atoms with Crippen molar-refractivity contribution in [1.29, 1.82) is 0 Å². The van der Waals surface area contributed by atoms with Crippen LogP contribution in [-0.2, 0) is 26.6 Å². The Bertz CT molecular complexity index is 1200. The number of alkyl halides is 6. The van der Waals surface area contributed by atoms with Crippen LogP contribution in [0.2, 0.25) is 0 Å². The molecular formula is C25H25F6N3O3S2. The monoisotopic (exact) mass is 593 g/mol. The van der Waals surface area contributed by atoms with Gasteiger partial charge in [0.25, 0.3) is 0 Å². The molecule has 0 aliphatic carbocycles. The van der Waals surface area contributed by atoms with Crippen LogP contribution in [0.5, 0.6) is 0 Å². The van der Waals surface area contributed by atoms with E-state index in [2.05, 4.69) is 10.6 Å². The van der Waals surface area contributed by atoms with Gasteiger partial charge in [-0.05, 0) is 48.1 Å². The van der Waals surface area contributed by atoms with Crippen LogP contribution in [-0.4, -0.2) is 62.5 Å². The number of carbonyl (C=O) groups is 1. The van der Waals surface area contributed by atoms with E-state index < -0.39 is 39.8 Å². The minimum Gasteiger partial charge on any atom is -0.383 e. The fourth-order valence-electron chi connectivity index (χ4n) is 3.67. The van der Waals surface area contributed by atoms with E-state index in [0.717, 1.165) is 24.3 Å². The smallest absolute Gasteiger partial charge is 0.383 e. The summed E-state index contributed by atoms with van der Waals surface area (Å²) in [6.45, 7) is 1.83. The van der Waals surface area contributed by atoms with Gasteiger partial charge in [0.1, 0.15) is 0 Å². The number of hydrogen-bond donors (Lipinski definition) is 2. The van der Waals surface area contributed by atoms with Crippen molar-refractivity contribution < 1.29 is 40.6 Å². The lowest BCUT2D eigenvalue weighted by molar-refractivity contribution is -0.163. The lowest BCUT2D eigenvalue weighted by Crippen LogP contribution is -2.39. The number of methoxy groups -OCH3 is 1. The molecule has 0 bridgehead atoms. The maximum absolute atomic E-state index is 14.1. The van der Waals surface area contributed by atoms with Gasteiger partial charge in [-0.15, -0.1) is 0 Å². The highest BCUT2D eigenvalue weighted by Crippen LogP contribution is 2.48. The standard InChI is InChI=1S/C25H25F6N3O3S2/c1-36-12-9-32-23(38)33-17-3-2-4-18(15-17)39-19-7-5-16(6-8-20(35)34-10-13-37-14-11-34)21(24(26,27)28)22(19)25(29,30)31/h2-8,15H,9-14H2,1H3,(H2,32,33,38)/b8-6+. The number of hydrogen-bond acceptors (Lipinski definition) is 5. The van der Waals surface area contributed by atoms with Crippen molar-refractivity contribution in [3.05, 3.63) is 59.2 Å². The Morgan fingerprint density at radius 2 is 1.79 bits per heavy atom. The van der Waals surface area contributed by atoms with E-state index in [0.29, 0.717) is 30.6 Å². The summed E-state index contributed by atoms with van der Waals surface area (Å²) < 4.78 is 94.7. The molecule has 1 amide bonds. The van der Waals surface area contributed by atoms with Crippen LogP contribution < -0.4 is 10.6 Å². The molecule has 2 aromatic rings. The van der Waals surface area contributed by atoms with Crippen LogP contribution in [0, 0.1) is 0 Å². The molecule has 1 fully saturated rings. The maximum Gasteiger partial charge on any atom is 0.418 e. The summed E-state index contributed by atoms with van der Waals surface area (Å²) in [5.74, 6) is -0.614. The first-order valence-corrected chi connectivity index (χ1v) is 12.8. The van der Waals surface area contributed by atoms with E-state index in [-0.39, 0.29) is 36.3 Å². The number of nitrogens with one attached hydrogen (secondary N) is 2. The molecule has 3 rings (SSSR count). The quantitative estimate of drug-likeness (QED) is 0.177. The first kappa shape index (κ1) is 30.7. The van der Waals surface area contributed by atoms with Crippen LogP contribution in [0.3, 0.4) is 0 Å². The van der Waals surface area contributed by atoms with E-state index >= 15 is 0 Å². The molecule has 0 unspecified atom stereocenters. The molecule has 0 atom stereocenters. The molecule has 1 heterocycles. The van der Waals surface area contributed by atoms with Gasteiger partial charge >= 0.3 is 12.4 Å². The number of anilines is 1. The van der Waals surface area contributed by atoms with E-state index in [9.17, 15) is 31.1 Å². The third kappa shape index (κ3) is 8.85. The Morgan fingerprint density at radius 3 is 2.44 bits per heavy atom. The number of ether oxygens (including phenoxy) is 2. The molecule has 14 heteroatoms. The minimum absolute atomic E-state index is 0.237. The number of thiocarbonyl (C=S) groups is 1. The predicted molar refractivity (Wildman–Crippen MR) is 140 cm³/mol. The summed E-state index contributed by atoms with van der Waals surface area (Å²) in [6, 6.07) is 7.99. The van der Waals surface area contributed by atoms with E-state index in [4.69, 9.17) is 21.7 Å². The number of rotatable bonds is 8. The van der Waals surface area contributed by atoms with Gasteiger partial charge in [-0.25, -0.2) is 0 Å². The summed E-state index contributed by atoms with van der Waals surface area (Å²) in [4.78, 5) is 13.3. The molecule has 1 aliphatic rings. The van der Waals surface area contributed by atoms with Gasteiger partial charge in [-0.3, -0.25) is 4.79 Å². The van der Waals surface area contributed by atoms with Gasteiger partial charge in [0.15, 0.2) is 5.11 Å². The summed E-state index contributed by atoms with van der Waals surface area (Å²) in [5, 5.41) is 5.99. The number of halogens is 6. The fraction of sp³-hybridized carbons (Fsp3) is 0.360. The lowest BCUT2D eigenvalue weighted by atomic mass is 9.99. The largest absolute Gasteiger partial charge is 0.418 e. The van der Waals surface area contributed by atoms with Crippen LogP contribution in [0.1, 0.15) is 16.7 Å². The number of amides is 1. The molecule has 1 aliphatic heterocycles. The van der Waals surface area contributed by atoms with Crippen molar-refractivity contribution in [3.8, 4) is 0 Å². The third-order valence-electron chi connectivity index (χ3n) is 5.41. The topological polar surface area (TPSA) is 62.8 Å². The van der Waals surface area contributed by atoms with Crippen LogP contribution >= 0.6 is 24.0 Å². The molecule has 2 aromatic carbocycles. The molecule has 6 nitrogen and oxygen atoms in total. The summed E-state index contributed by atoms with van der Waals surface area (Å²) in [7, 11) is 1.52. The zero-order valence-electron chi connectivity index (χ0n) is 20.6. The second kappa shape index (κ2) is 13.5. The lowest BCUT2D eigenvalue weighted by Gasteiger charge is -2.25. The zero-order valence-corrected chi connectivity index (χ0v) is 22.3. The van der Waals surface area contributed by atoms with Crippen LogP contribution in [0.15, 0.2) is 52.3 Å². The van der Waals surface area contributed by atoms with Crippen molar-refractivity contribution in [2.24, 2.45) is 0 Å². The molecule has 0 spiro atoms. The average Bonchev–Trinajstić information content (AvgIpc) is 2.87. The third-order valence-corrected chi connectivity index (χ3v) is 6.70. The second-order valence-electron chi connectivity index (χ2n) is 8.17. The maximum atomic E-state index is 14.1. The van der Waals surface area contributed by atoms with Crippen molar-refractivity contribution in [1.82, 2.24) is 10.2 Å². The SMILES string of the molecule is COCCNC(=S)Nc1cccc(Sc2ccc(/C=C/C(=O)N3CCOCC3)c(C(F)(F)F)c2C(F)(F)F)c1. The zero-order chi connectivity index (χ0) is 28.6. The Morgan fingerprint density at radius 1 is 1.10 bits per heavy atom. The molecule has 1 saturated heterocycles. The molecule has 2 N–H and O–H groups in total. The first-order chi connectivity index (χ1) is 18.4. The van der Waals surface area contributed by atoms with E-state index in [1.165, 1.54) is 30.2 Å². The Hall–Kier alpha value is -2.81. The van der Waals surface area contributed by atoms with Crippen LogP contribution in [0.25, 0.3) is 6.08 Å². The van der Waals surface area contributed by atoms with Gasteiger partial charge in [0.2, 0.25) is 5.91 Å². The summed E-state index contributed by atoms with van der Waals surface area (Å²) in [6.07, 6.45) is -9.05. The first-order valence-electron chi connectivity index (χ1n) is 11.6. The normalized spacial score (nSPS) is 14.5. The Kier molecular flexibility index (Phi) is 10.6. The van der Waals surface area contributed by atoms with Crippen molar-refractivity contribution in [2.75, 3.05) is 51.9 Å². The second-order valence-corrected chi connectivity index (χ2v) is 9.70. The number of nitrogens with zero attached hydrogens (tertiary/aromatic N) is 1. The Labute approximate surface area is 230 Å². The van der Waals surface area contributed by atoms with E-state index in [1.807, 2.05) is 0 Å². The molecule has 0 aromatic heterocycles. The van der Waals surface area contributed by atoms with Crippen molar-refractivity contribution in [3.63, 3.8) is 0 Å². The van der Waals surface area contributed by atoms with Crippen molar-refractivity contribution >= 4 is 46.8 Å². The van der Waals surface area contributed by atoms with Crippen molar-refractivity contribution in [2.45, 2.75) is 22.1 Å². The highest BCUT2D eigenvalue weighted by molar-refractivity contribution is 7.99. The number of morpholine rings is 1. The highest BCUT2D eigenvalue weighted by atomic mass is 32.2. The fourth-order valence-corrected chi connectivity index (χ4v) is 4.93. The van der Waals surface area contributed by atoms with E-state index in [1.54, 1.807) is 6.07 Å². The number of benzene rings is 2. The minimum atomic E-state index is -5.34. The van der Waals surface area contributed by atoms with Gasteiger partial charge in [-0.2, -0.15) is 26.3 Å². The number of carbonyl (C=O) groups excluding carboxylic acids is 1. The molecular weight excluding hydrogens is 568 g/mol. The van der Waals surface area contributed by atoms with Gasteiger partial charge in [-0.1, -0.05) is 23.9 Å². The van der Waals surface area contributed by atoms with Gasteiger partial charge < -0.3 is 25.0 Å². The molecule has 0 saturated carbocycles. The molecule has 0 radical (unpaired) electrons. The molecule has 212 valence electrons. The summed E-state index contributed by atoms with van der Waals surface area (Å²) in [5.41, 5.74) is -4.01. The Balaban J connectivity index is 1.94. The predicted octanol–water partition coefficient (Wildman–Crippen LogP) is 5.68. The molecule has 39 heavy (non-hydrogen) atoms. The van der Waals surface area contributed by atoms with Crippen LogP contribution in [0.4, 0.5) is 32.0 Å². The highest BCUT2D eigenvalue weighted by Gasteiger charge is 2.46. The van der Waals surface area contributed by atoms with Gasteiger partial charge in [0.05, 0.1) is 30.9 Å². The van der Waals surface area contributed by atoms with Gasteiger partial charge in [0, 0.05) is 48.3 Å². The summed E-state index contributed by atoms with van der Waals surface area (Å²) >= 11 is 5.68. The average molecular weight is 594 g/mol.